The highest BCUT2D eigenvalue weighted by atomic mass is 16.7. The van der Waals surface area contributed by atoms with Gasteiger partial charge in [0.05, 0.1) is 6.61 Å². The van der Waals surface area contributed by atoms with Gasteiger partial charge in [-0.05, 0) is 24.0 Å². The molecule has 23 heavy (non-hydrogen) atoms. The summed E-state index contributed by atoms with van der Waals surface area (Å²) in [7, 11) is 0. The van der Waals surface area contributed by atoms with Gasteiger partial charge in [-0.25, -0.2) is 0 Å². The van der Waals surface area contributed by atoms with Crippen LogP contribution in [-0.2, 0) is 4.74 Å². The molecule has 7 nitrogen and oxygen atoms in total. The SMILES string of the molecule is CCC(C)c1ccc(O[C@H]2O[C@H](CO)[C@@H](O)[C@H](O)[C@H]2O)cc1O. The number of aliphatic hydroxyl groups is 4. The van der Waals surface area contributed by atoms with E-state index in [4.69, 9.17) is 14.6 Å². The quantitative estimate of drug-likeness (QED) is 0.519. The Labute approximate surface area is 134 Å². The van der Waals surface area contributed by atoms with E-state index in [1.807, 2.05) is 13.8 Å². The molecule has 130 valence electrons. The summed E-state index contributed by atoms with van der Waals surface area (Å²) in [5.41, 5.74) is 0.786. The standard InChI is InChI=1S/C16H24O7/c1-3-8(2)10-5-4-9(6-11(10)18)22-16-15(21)14(20)13(19)12(7-17)23-16/h4-6,8,12-21H,3,7H2,1-2H3/t8?,12-,13-,14+,15-,16+/m1/s1. The van der Waals surface area contributed by atoms with E-state index in [2.05, 4.69) is 0 Å². The summed E-state index contributed by atoms with van der Waals surface area (Å²) in [5.74, 6) is 0.511. The molecular formula is C16H24O7. The van der Waals surface area contributed by atoms with E-state index in [0.717, 1.165) is 12.0 Å². The van der Waals surface area contributed by atoms with Gasteiger partial charge in [-0.1, -0.05) is 19.9 Å². The Morgan fingerprint density at radius 2 is 1.87 bits per heavy atom. The van der Waals surface area contributed by atoms with E-state index >= 15 is 0 Å². The molecule has 1 aromatic carbocycles. The maximum Gasteiger partial charge on any atom is 0.229 e. The topological polar surface area (TPSA) is 120 Å². The van der Waals surface area contributed by atoms with Gasteiger partial charge >= 0.3 is 0 Å². The Morgan fingerprint density at radius 3 is 2.43 bits per heavy atom. The molecule has 1 aromatic rings. The van der Waals surface area contributed by atoms with E-state index in [9.17, 15) is 20.4 Å². The Bertz CT molecular complexity index is 519. The van der Waals surface area contributed by atoms with Crippen LogP contribution in [0.4, 0.5) is 0 Å². The van der Waals surface area contributed by atoms with Gasteiger partial charge in [-0.3, -0.25) is 0 Å². The van der Waals surface area contributed by atoms with Gasteiger partial charge in [0.15, 0.2) is 0 Å². The number of hydrogen-bond acceptors (Lipinski definition) is 7. The first-order valence-electron chi connectivity index (χ1n) is 7.69. The summed E-state index contributed by atoms with van der Waals surface area (Å²) in [6, 6.07) is 4.76. The second-order valence-corrected chi connectivity index (χ2v) is 5.85. The van der Waals surface area contributed by atoms with E-state index in [0.29, 0.717) is 0 Å². The molecule has 2 rings (SSSR count). The van der Waals surface area contributed by atoms with Crippen LogP contribution < -0.4 is 4.74 Å². The largest absolute Gasteiger partial charge is 0.508 e. The molecule has 0 saturated carbocycles. The number of phenolic OH excluding ortho intramolecular Hbond substituents is 1. The number of aliphatic hydroxyl groups excluding tert-OH is 4. The Morgan fingerprint density at radius 1 is 1.17 bits per heavy atom. The lowest BCUT2D eigenvalue weighted by atomic mass is 9.97. The number of ether oxygens (including phenoxy) is 2. The second kappa shape index (κ2) is 7.46. The first-order valence-corrected chi connectivity index (χ1v) is 7.69. The van der Waals surface area contributed by atoms with Gasteiger partial charge in [0.2, 0.25) is 6.29 Å². The van der Waals surface area contributed by atoms with Crippen LogP contribution in [0.3, 0.4) is 0 Å². The van der Waals surface area contributed by atoms with Crippen molar-refractivity contribution in [3.63, 3.8) is 0 Å². The average molecular weight is 328 g/mol. The molecule has 1 aliphatic rings. The average Bonchev–Trinajstić information content (AvgIpc) is 2.54. The van der Waals surface area contributed by atoms with Crippen molar-refractivity contribution in [2.45, 2.75) is 56.9 Å². The first kappa shape index (κ1) is 18.0. The minimum atomic E-state index is -1.50. The van der Waals surface area contributed by atoms with Crippen LogP contribution in [0.2, 0.25) is 0 Å². The van der Waals surface area contributed by atoms with Gasteiger partial charge < -0.3 is 35.0 Å². The van der Waals surface area contributed by atoms with Crippen LogP contribution in [-0.4, -0.2) is 62.8 Å². The number of aromatic hydroxyl groups is 1. The van der Waals surface area contributed by atoms with Gasteiger partial charge in [0, 0.05) is 6.07 Å². The molecule has 5 N–H and O–H groups in total. The molecule has 1 unspecified atom stereocenters. The molecule has 1 heterocycles. The highest BCUT2D eigenvalue weighted by molar-refractivity contribution is 5.41. The number of phenols is 1. The number of hydrogen-bond donors (Lipinski definition) is 5. The third-order valence-electron chi connectivity index (χ3n) is 4.25. The normalized spacial score (nSPS) is 32.5. The van der Waals surface area contributed by atoms with Crippen molar-refractivity contribution in [1.29, 1.82) is 0 Å². The van der Waals surface area contributed by atoms with E-state index in [-0.39, 0.29) is 17.4 Å². The van der Waals surface area contributed by atoms with Gasteiger partial charge in [-0.15, -0.1) is 0 Å². The monoisotopic (exact) mass is 328 g/mol. The predicted molar refractivity (Wildman–Crippen MR) is 81.2 cm³/mol. The van der Waals surface area contributed by atoms with Gasteiger partial charge in [0.25, 0.3) is 0 Å². The molecule has 0 aromatic heterocycles. The van der Waals surface area contributed by atoms with Crippen molar-refractivity contribution < 1.29 is 35.0 Å². The fourth-order valence-corrected chi connectivity index (χ4v) is 2.53. The zero-order valence-electron chi connectivity index (χ0n) is 13.2. The van der Waals surface area contributed by atoms with E-state index in [1.54, 1.807) is 12.1 Å². The van der Waals surface area contributed by atoms with Crippen molar-refractivity contribution in [2.75, 3.05) is 6.61 Å². The molecule has 7 heteroatoms. The maximum atomic E-state index is 10.1. The van der Waals surface area contributed by atoms with Crippen LogP contribution in [0.5, 0.6) is 11.5 Å². The summed E-state index contributed by atoms with van der Waals surface area (Å²) in [6.45, 7) is 3.48. The van der Waals surface area contributed by atoms with Crippen molar-refractivity contribution >= 4 is 0 Å². The minimum Gasteiger partial charge on any atom is -0.508 e. The lowest BCUT2D eigenvalue weighted by molar-refractivity contribution is -0.277. The van der Waals surface area contributed by atoms with Crippen molar-refractivity contribution in [3.05, 3.63) is 23.8 Å². The number of rotatable bonds is 5. The zero-order valence-corrected chi connectivity index (χ0v) is 13.2. The highest BCUT2D eigenvalue weighted by Gasteiger charge is 2.44. The van der Waals surface area contributed by atoms with Crippen LogP contribution in [0.15, 0.2) is 18.2 Å². The molecule has 0 radical (unpaired) electrons. The molecule has 0 aliphatic carbocycles. The fraction of sp³-hybridized carbons (Fsp3) is 0.625. The Balaban J connectivity index is 2.13. The molecule has 0 spiro atoms. The third-order valence-corrected chi connectivity index (χ3v) is 4.25. The van der Waals surface area contributed by atoms with Crippen LogP contribution in [0, 0.1) is 0 Å². The zero-order chi connectivity index (χ0) is 17.1. The molecular weight excluding hydrogens is 304 g/mol. The summed E-state index contributed by atoms with van der Waals surface area (Å²) in [5, 5.41) is 48.6. The number of benzene rings is 1. The predicted octanol–water partition coefficient (Wildman–Crippen LogP) is 0.0844. The Kier molecular flexibility index (Phi) is 5.83. The van der Waals surface area contributed by atoms with Gasteiger partial charge in [-0.2, -0.15) is 0 Å². The molecule has 1 fully saturated rings. The molecule has 0 amide bonds. The van der Waals surface area contributed by atoms with E-state index in [1.165, 1.54) is 6.07 Å². The molecule has 6 atom stereocenters. The highest BCUT2D eigenvalue weighted by Crippen LogP contribution is 2.32. The lowest BCUT2D eigenvalue weighted by Crippen LogP contribution is -2.60. The third kappa shape index (κ3) is 3.76. The smallest absolute Gasteiger partial charge is 0.229 e. The summed E-state index contributed by atoms with van der Waals surface area (Å²) in [6.07, 6.45) is -5.84. The van der Waals surface area contributed by atoms with Crippen LogP contribution >= 0.6 is 0 Å². The molecule has 0 bridgehead atoms. The minimum absolute atomic E-state index is 0.0708. The van der Waals surface area contributed by atoms with Crippen molar-refractivity contribution in [1.82, 2.24) is 0 Å². The molecule has 1 saturated heterocycles. The maximum absolute atomic E-state index is 10.1. The summed E-state index contributed by atoms with van der Waals surface area (Å²) >= 11 is 0. The lowest BCUT2D eigenvalue weighted by Gasteiger charge is -2.39. The summed E-state index contributed by atoms with van der Waals surface area (Å²) in [4.78, 5) is 0. The van der Waals surface area contributed by atoms with Crippen molar-refractivity contribution in [3.8, 4) is 11.5 Å². The van der Waals surface area contributed by atoms with Crippen LogP contribution in [0.25, 0.3) is 0 Å². The van der Waals surface area contributed by atoms with Crippen molar-refractivity contribution in [2.24, 2.45) is 0 Å². The fourth-order valence-electron chi connectivity index (χ4n) is 2.53. The first-order chi connectivity index (χ1) is 10.9. The van der Waals surface area contributed by atoms with Gasteiger partial charge in [0.1, 0.15) is 35.9 Å². The molecule has 1 aliphatic heterocycles. The summed E-state index contributed by atoms with van der Waals surface area (Å²) < 4.78 is 10.7. The Hall–Kier alpha value is -1.38. The van der Waals surface area contributed by atoms with E-state index < -0.39 is 37.3 Å². The second-order valence-electron chi connectivity index (χ2n) is 5.85. The van der Waals surface area contributed by atoms with Crippen LogP contribution in [0.1, 0.15) is 31.7 Å².